The highest BCUT2D eigenvalue weighted by molar-refractivity contribution is 5.49. The first-order valence-electron chi connectivity index (χ1n) is 4.53. The maximum atomic E-state index is 13.3. The number of hydrogen-bond acceptors (Lipinski definition) is 4. The summed E-state index contributed by atoms with van der Waals surface area (Å²) < 4.78 is 36.1. The molecule has 1 rings (SSSR count). The first-order valence-corrected chi connectivity index (χ1v) is 4.53. The van der Waals surface area contributed by atoms with Crippen molar-refractivity contribution in [3.05, 3.63) is 23.3 Å². The van der Waals surface area contributed by atoms with Gasteiger partial charge in [-0.1, -0.05) is 0 Å². The van der Waals surface area contributed by atoms with Crippen LogP contribution in [0.5, 0.6) is 11.5 Å². The SMILES string of the molecule is COc1c(C(N)CO)cc(F)c(F)c1OC. The minimum Gasteiger partial charge on any atom is -0.492 e. The maximum absolute atomic E-state index is 13.3. The third kappa shape index (κ3) is 2.07. The highest BCUT2D eigenvalue weighted by Crippen LogP contribution is 2.37. The summed E-state index contributed by atoms with van der Waals surface area (Å²) in [5.74, 6) is -2.62. The van der Waals surface area contributed by atoms with E-state index in [1.807, 2.05) is 0 Å². The number of rotatable bonds is 4. The van der Waals surface area contributed by atoms with Crippen LogP contribution in [0.2, 0.25) is 0 Å². The van der Waals surface area contributed by atoms with Crippen LogP contribution in [-0.4, -0.2) is 25.9 Å². The van der Waals surface area contributed by atoms with Gasteiger partial charge >= 0.3 is 0 Å². The lowest BCUT2D eigenvalue weighted by Gasteiger charge is -2.17. The van der Waals surface area contributed by atoms with Gasteiger partial charge in [-0.3, -0.25) is 0 Å². The van der Waals surface area contributed by atoms with Crippen LogP contribution in [0.15, 0.2) is 6.07 Å². The summed E-state index contributed by atoms with van der Waals surface area (Å²) in [6.45, 7) is -0.412. The van der Waals surface area contributed by atoms with E-state index in [1.165, 1.54) is 14.2 Å². The molecule has 3 N–H and O–H groups in total. The Labute approximate surface area is 91.6 Å². The van der Waals surface area contributed by atoms with Crippen LogP contribution in [0, 0.1) is 11.6 Å². The smallest absolute Gasteiger partial charge is 0.204 e. The van der Waals surface area contributed by atoms with E-state index >= 15 is 0 Å². The molecule has 0 aliphatic carbocycles. The molecule has 0 aromatic heterocycles. The normalized spacial score (nSPS) is 12.4. The Hall–Kier alpha value is -1.40. The molecule has 90 valence electrons. The van der Waals surface area contributed by atoms with E-state index in [4.69, 9.17) is 20.3 Å². The number of benzene rings is 1. The fourth-order valence-electron chi connectivity index (χ4n) is 1.37. The number of nitrogens with two attached hydrogens (primary N) is 1. The lowest BCUT2D eigenvalue weighted by molar-refractivity contribution is 0.261. The van der Waals surface area contributed by atoms with Crippen molar-refractivity contribution in [2.75, 3.05) is 20.8 Å². The predicted octanol–water partition coefficient (Wildman–Crippen LogP) is 0.974. The summed E-state index contributed by atoms with van der Waals surface area (Å²) in [4.78, 5) is 0. The molecule has 16 heavy (non-hydrogen) atoms. The highest BCUT2D eigenvalue weighted by Gasteiger charge is 2.23. The maximum Gasteiger partial charge on any atom is 0.204 e. The molecule has 1 atom stereocenters. The Morgan fingerprint density at radius 1 is 1.31 bits per heavy atom. The molecular weight excluding hydrogens is 220 g/mol. The first kappa shape index (κ1) is 12.7. The zero-order valence-corrected chi connectivity index (χ0v) is 8.96. The summed E-state index contributed by atoms with van der Waals surface area (Å²) in [7, 11) is 2.47. The summed E-state index contributed by atoms with van der Waals surface area (Å²) in [5, 5.41) is 8.89. The van der Waals surface area contributed by atoms with Crippen molar-refractivity contribution in [2.24, 2.45) is 5.73 Å². The molecule has 0 radical (unpaired) electrons. The average Bonchev–Trinajstić information content (AvgIpc) is 2.30. The second-order valence-corrected chi connectivity index (χ2v) is 3.12. The van der Waals surface area contributed by atoms with Crippen LogP contribution < -0.4 is 15.2 Å². The molecule has 0 bridgehead atoms. The Kier molecular flexibility index (Phi) is 4.03. The highest BCUT2D eigenvalue weighted by atomic mass is 19.2. The van der Waals surface area contributed by atoms with Gasteiger partial charge < -0.3 is 20.3 Å². The molecule has 0 amide bonds. The third-order valence-electron chi connectivity index (χ3n) is 2.16. The monoisotopic (exact) mass is 233 g/mol. The van der Waals surface area contributed by atoms with Crippen LogP contribution in [0.4, 0.5) is 8.78 Å². The number of methoxy groups -OCH3 is 2. The second-order valence-electron chi connectivity index (χ2n) is 3.12. The Morgan fingerprint density at radius 2 is 1.88 bits per heavy atom. The summed E-state index contributed by atoms with van der Waals surface area (Å²) in [6.07, 6.45) is 0. The van der Waals surface area contributed by atoms with Gasteiger partial charge in [0.2, 0.25) is 5.82 Å². The standard InChI is InChI=1S/C10H13F2NO3/c1-15-9-5(7(13)4-14)3-6(11)8(12)10(9)16-2/h3,7,14H,4,13H2,1-2H3. The fourth-order valence-corrected chi connectivity index (χ4v) is 1.37. The molecule has 1 aromatic carbocycles. The predicted molar refractivity (Wildman–Crippen MR) is 53.5 cm³/mol. The first-order chi connectivity index (χ1) is 7.56. The second kappa shape index (κ2) is 5.09. The number of aliphatic hydroxyl groups is 1. The van der Waals surface area contributed by atoms with Crippen molar-refractivity contribution in [3.63, 3.8) is 0 Å². The van der Waals surface area contributed by atoms with Gasteiger partial charge in [0.05, 0.1) is 26.9 Å². The number of ether oxygens (including phenoxy) is 2. The van der Waals surface area contributed by atoms with Crippen LogP contribution in [0.1, 0.15) is 11.6 Å². The molecule has 0 saturated carbocycles. The largest absolute Gasteiger partial charge is 0.492 e. The van der Waals surface area contributed by atoms with Crippen molar-refractivity contribution in [2.45, 2.75) is 6.04 Å². The number of hydrogen-bond donors (Lipinski definition) is 2. The van der Waals surface area contributed by atoms with Gasteiger partial charge in [0.1, 0.15) is 0 Å². The molecule has 0 fully saturated rings. The van der Waals surface area contributed by atoms with E-state index in [1.54, 1.807) is 0 Å². The Morgan fingerprint density at radius 3 is 2.31 bits per heavy atom. The molecule has 0 saturated heterocycles. The number of aliphatic hydroxyl groups excluding tert-OH is 1. The lowest BCUT2D eigenvalue weighted by atomic mass is 10.1. The zero-order chi connectivity index (χ0) is 12.3. The Balaban J connectivity index is 3.43. The fraction of sp³-hybridized carbons (Fsp3) is 0.400. The van der Waals surface area contributed by atoms with E-state index in [2.05, 4.69) is 0 Å². The molecule has 0 heterocycles. The summed E-state index contributed by atoms with van der Waals surface area (Å²) in [6, 6.07) is 0.0244. The van der Waals surface area contributed by atoms with Gasteiger partial charge in [-0.2, -0.15) is 4.39 Å². The van der Waals surface area contributed by atoms with E-state index in [9.17, 15) is 8.78 Å². The molecule has 1 unspecified atom stereocenters. The number of halogens is 2. The van der Waals surface area contributed by atoms with Gasteiger partial charge in [0.25, 0.3) is 0 Å². The molecular formula is C10H13F2NO3. The molecule has 0 aliphatic rings. The van der Waals surface area contributed by atoms with Crippen LogP contribution in [-0.2, 0) is 0 Å². The van der Waals surface area contributed by atoms with Gasteiger partial charge in [-0.25, -0.2) is 4.39 Å². The van der Waals surface area contributed by atoms with E-state index in [0.717, 1.165) is 6.07 Å². The van der Waals surface area contributed by atoms with Gasteiger partial charge in [0.15, 0.2) is 17.3 Å². The van der Waals surface area contributed by atoms with E-state index in [0.29, 0.717) is 0 Å². The molecule has 0 aliphatic heterocycles. The third-order valence-corrected chi connectivity index (χ3v) is 2.16. The summed E-state index contributed by atoms with van der Waals surface area (Å²) in [5.41, 5.74) is 5.69. The van der Waals surface area contributed by atoms with Crippen molar-refractivity contribution in [1.29, 1.82) is 0 Å². The average molecular weight is 233 g/mol. The zero-order valence-electron chi connectivity index (χ0n) is 8.96. The van der Waals surface area contributed by atoms with Crippen molar-refractivity contribution >= 4 is 0 Å². The Bertz CT molecular complexity index is 385. The summed E-state index contributed by atoms with van der Waals surface area (Å²) >= 11 is 0. The van der Waals surface area contributed by atoms with Crippen molar-refractivity contribution < 1.29 is 23.4 Å². The molecule has 6 heteroatoms. The van der Waals surface area contributed by atoms with Crippen molar-refractivity contribution in [1.82, 2.24) is 0 Å². The van der Waals surface area contributed by atoms with Gasteiger partial charge in [-0.05, 0) is 6.07 Å². The topological polar surface area (TPSA) is 64.7 Å². The molecule has 4 nitrogen and oxygen atoms in total. The van der Waals surface area contributed by atoms with Gasteiger partial charge in [-0.15, -0.1) is 0 Å². The molecule has 1 aromatic rings. The van der Waals surface area contributed by atoms with E-state index < -0.39 is 24.3 Å². The van der Waals surface area contributed by atoms with E-state index in [-0.39, 0.29) is 17.1 Å². The minimum absolute atomic E-state index is 0.0112. The molecule has 0 spiro atoms. The lowest BCUT2D eigenvalue weighted by Crippen LogP contribution is -2.16. The minimum atomic E-state index is -1.15. The van der Waals surface area contributed by atoms with Crippen LogP contribution in [0.3, 0.4) is 0 Å². The quantitative estimate of drug-likeness (QED) is 0.813. The van der Waals surface area contributed by atoms with Crippen LogP contribution in [0.25, 0.3) is 0 Å². The van der Waals surface area contributed by atoms with Crippen molar-refractivity contribution in [3.8, 4) is 11.5 Å². The van der Waals surface area contributed by atoms with Crippen LogP contribution >= 0.6 is 0 Å². The van der Waals surface area contributed by atoms with Gasteiger partial charge in [0, 0.05) is 5.56 Å².